The Hall–Kier alpha value is -2.10. The molecular formula is C17H23NO3. The number of hydrogen-bond donors (Lipinski definition) is 2. The quantitative estimate of drug-likeness (QED) is 0.686. The minimum Gasteiger partial charge on any atom is -0.480 e. The van der Waals surface area contributed by atoms with Gasteiger partial charge in [0.2, 0.25) is 5.91 Å². The molecule has 1 rings (SSSR count). The van der Waals surface area contributed by atoms with Crippen LogP contribution in [-0.2, 0) is 9.59 Å². The van der Waals surface area contributed by atoms with Crippen LogP contribution in [0.3, 0.4) is 0 Å². The van der Waals surface area contributed by atoms with Crippen LogP contribution < -0.4 is 5.32 Å². The van der Waals surface area contributed by atoms with Crippen LogP contribution in [0.2, 0.25) is 0 Å². The third kappa shape index (κ3) is 6.25. The molecule has 0 aliphatic rings. The van der Waals surface area contributed by atoms with Crippen molar-refractivity contribution in [1.29, 1.82) is 0 Å². The van der Waals surface area contributed by atoms with Gasteiger partial charge < -0.3 is 10.4 Å². The summed E-state index contributed by atoms with van der Waals surface area (Å²) in [6.07, 6.45) is 3.62. The summed E-state index contributed by atoms with van der Waals surface area (Å²) in [5.41, 5.74) is 1.19. The van der Waals surface area contributed by atoms with Crippen LogP contribution in [0, 0.1) is 0 Å². The highest BCUT2D eigenvalue weighted by Gasteiger charge is 2.19. The molecule has 0 aliphatic carbocycles. The standard InChI is InChI=1S/C17H23NO3/c1-3-4-10-15(17(20)21)18-16(19)12-11-13(2)14-8-6-5-7-9-14/h3,5-9,13,15H,1,4,10-12H2,2H3,(H,18,19)(H,20,21). The van der Waals surface area contributed by atoms with Gasteiger partial charge in [0.05, 0.1) is 0 Å². The molecule has 2 atom stereocenters. The second kappa shape index (κ2) is 8.95. The number of carbonyl (C=O) groups excluding carboxylic acids is 1. The normalized spacial score (nSPS) is 13.2. The maximum absolute atomic E-state index is 11.9. The lowest BCUT2D eigenvalue weighted by Crippen LogP contribution is -2.40. The van der Waals surface area contributed by atoms with Crippen molar-refractivity contribution in [3.63, 3.8) is 0 Å². The van der Waals surface area contributed by atoms with E-state index in [1.54, 1.807) is 6.08 Å². The number of aliphatic carboxylic acids is 1. The lowest BCUT2D eigenvalue weighted by Gasteiger charge is -2.15. The highest BCUT2D eigenvalue weighted by molar-refractivity contribution is 5.83. The van der Waals surface area contributed by atoms with Crippen LogP contribution in [0.15, 0.2) is 43.0 Å². The Morgan fingerprint density at radius 2 is 1.95 bits per heavy atom. The molecule has 0 bridgehead atoms. The van der Waals surface area contributed by atoms with Crippen molar-refractivity contribution in [2.75, 3.05) is 0 Å². The van der Waals surface area contributed by atoms with Gasteiger partial charge in [-0.25, -0.2) is 4.79 Å². The Balaban J connectivity index is 2.42. The number of nitrogens with one attached hydrogen (secondary N) is 1. The van der Waals surface area contributed by atoms with Gasteiger partial charge in [-0.1, -0.05) is 43.3 Å². The zero-order valence-corrected chi connectivity index (χ0v) is 12.4. The molecule has 0 heterocycles. The lowest BCUT2D eigenvalue weighted by molar-refractivity contribution is -0.142. The average molecular weight is 289 g/mol. The summed E-state index contributed by atoms with van der Waals surface area (Å²) in [6.45, 7) is 5.62. The van der Waals surface area contributed by atoms with Gasteiger partial charge in [0.15, 0.2) is 0 Å². The van der Waals surface area contributed by atoms with E-state index in [-0.39, 0.29) is 11.8 Å². The Kier molecular flexibility index (Phi) is 7.23. The zero-order chi connectivity index (χ0) is 15.7. The van der Waals surface area contributed by atoms with Gasteiger partial charge in [0.25, 0.3) is 0 Å². The van der Waals surface area contributed by atoms with Gasteiger partial charge in [-0.15, -0.1) is 6.58 Å². The zero-order valence-electron chi connectivity index (χ0n) is 12.4. The number of rotatable bonds is 9. The van der Waals surface area contributed by atoms with E-state index in [4.69, 9.17) is 5.11 Å². The number of carbonyl (C=O) groups is 2. The topological polar surface area (TPSA) is 66.4 Å². The fourth-order valence-electron chi connectivity index (χ4n) is 2.10. The third-order valence-corrected chi connectivity index (χ3v) is 3.47. The number of benzene rings is 1. The smallest absolute Gasteiger partial charge is 0.326 e. The Labute approximate surface area is 125 Å². The van der Waals surface area contributed by atoms with E-state index in [1.807, 2.05) is 30.3 Å². The first kappa shape index (κ1) is 17.0. The molecule has 0 fully saturated rings. The SMILES string of the molecule is C=CCCC(NC(=O)CCC(C)c1ccccc1)C(=O)O. The summed E-state index contributed by atoms with van der Waals surface area (Å²) < 4.78 is 0. The lowest BCUT2D eigenvalue weighted by atomic mass is 9.96. The van der Waals surface area contributed by atoms with Crippen LogP contribution >= 0.6 is 0 Å². The van der Waals surface area contributed by atoms with Crippen molar-refractivity contribution in [3.8, 4) is 0 Å². The van der Waals surface area contributed by atoms with Crippen LogP contribution in [0.1, 0.15) is 44.1 Å². The van der Waals surface area contributed by atoms with E-state index in [2.05, 4.69) is 18.8 Å². The largest absolute Gasteiger partial charge is 0.480 e. The van der Waals surface area contributed by atoms with Crippen molar-refractivity contribution in [3.05, 3.63) is 48.6 Å². The summed E-state index contributed by atoms with van der Waals surface area (Å²) in [7, 11) is 0. The monoisotopic (exact) mass is 289 g/mol. The van der Waals surface area contributed by atoms with Crippen molar-refractivity contribution in [2.45, 2.75) is 44.6 Å². The minimum absolute atomic E-state index is 0.214. The fourth-order valence-corrected chi connectivity index (χ4v) is 2.10. The second-order valence-electron chi connectivity index (χ2n) is 5.17. The molecular weight excluding hydrogens is 266 g/mol. The second-order valence-corrected chi connectivity index (χ2v) is 5.17. The molecule has 0 saturated heterocycles. The summed E-state index contributed by atoms with van der Waals surface area (Å²) in [6, 6.07) is 9.14. The molecule has 21 heavy (non-hydrogen) atoms. The van der Waals surface area contributed by atoms with Crippen LogP contribution in [0.25, 0.3) is 0 Å². The van der Waals surface area contributed by atoms with Gasteiger partial charge in [0, 0.05) is 6.42 Å². The van der Waals surface area contributed by atoms with E-state index in [0.29, 0.717) is 25.7 Å². The molecule has 114 valence electrons. The first-order chi connectivity index (χ1) is 10.0. The molecule has 2 unspecified atom stereocenters. The molecule has 1 aromatic carbocycles. The number of carboxylic acid groups (broad SMARTS) is 1. The first-order valence-electron chi connectivity index (χ1n) is 7.22. The molecule has 0 aliphatic heterocycles. The predicted octanol–water partition coefficient (Wildman–Crippen LogP) is 3.11. The van der Waals surface area contributed by atoms with E-state index in [0.717, 1.165) is 0 Å². The van der Waals surface area contributed by atoms with E-state index in [1.165, 1.54) is 5.56 Å². The molecule has 0 radical (unpaired) electrons. The average Bonchev–Trinajstić information content (AvgIpc) is 2.49. The summed E-state index contributed by atoms with van der Waals surface area (Å²) in [5, 5.41) is 11.6. The van der Waals surface area contributed by atoms with E-state index >= 15 is 0 Å². The van der Waals surface area contributed by atoms with Crippen LogP contribution in [0.5, 0.6) is 0 Å². The van der Waals surface area contributed by atoms with Gasteiger partial charge in [0.1, 0.15) is 6.04 Å². The van der Waals surface area contributed by atoms with Crippen LogP contribution in [0.4, 0.5) is 0 Å². The third-order valence-electron chi connectivity index (χ3n) is 3.47. The van der Waals surface area contributed by atoms with Crippen molar-refractivity contribution in [1.82, 2.24) is 5.32 Å². The number of hydrogen-bond acceptors (Lipinski definition) is 2. The van der Waals surface area contributed by atoms with Gasteiger partial charge in [-0.2, -0.15) is 0 Å². The summed E-state index contributed by atoms with van der Waals surface area (Å²) >= 11 is 0. The van der Waals surface area contributed by atoms with Gasteiger partial charge >= 0.3 is 5.97 Å². The van der Waals surface area contributed by atoms with Gasteiger partial charge in [-0.3, -0.25) is 4.79 Å². The van der Waals surface area contributed by atoms with Crippen LogP contribution in [-0.4, -0.2) is 23.0 Å². The van der Waals surface area contributed by atoms with Crippen molar-refractivity contribution < 1.29 is 14.7 Å². The van der Waals surface area contributed by atoms with Crippen molar-refractivity contribution >= 4 is 11.9 Å². The maximum atomic E-state index is 11.9. The fraction of sp³-hybridized carbons (Fsp3) is 0.412. The molecule has 0 aromatic heterocycles. The molecule has 1 amide bonds. The molecule has 1 aromatic rings. The first-order valence-corrected chi connectivity index (χ1v) is 7.22. The summed E-state index contributed by atoms with van der Waals surface area (Å²) in [5.74, 6) is -0.941. The van der Waals surface area contributed by atoms with Crippen molar-refractivity contribution in [2.24, 2.45) is 0 Å². The Morgan fingerprint density at radius 1 is 1.29 bits per heavy atom. The number of allylic oxidation sites excluding steroid dienone is 1. The molecule has 0 spiro atoms. The predicted molar refractivity (Wildman–Crippen MR) is 83.1 cm³/mol. The van der Waals surface area contributed by atoms with E-state index in [9.17, 15) is 9.59 Å². The molecule has 4 heteroatoms. The minimum atomic E-state index is -0.999. The highest BCUT2D eigenvalue weighted by atomic mass is 16.4. The highest BCUT2D eigenvalue weighted by Crippen LogP contribution is 2.19. The maximum Gasteiger partial charge on any atom is 0.326 e. The Morgan fingerprint density at radius 3 is 2.52 bits per heavy atom. The number of amides is 1. The van der Waals surface area contributed by atoms with Gasteiger partial charge in [-0.05, 0) is 30.7 Å². The molecule has 0 saturated carbocycles. The number of carboxylic acids is 1. The molecule has 4 nitrogen and oxygen atoms in total. The molecule has 2 N–H and O–H groups in total. The summed E-state index contributed by atoms with van der Waals surface area (Å²) in [4.78, 5) is 22.9. The Bertz CT molecular complexity index is 470. The van der Waals surface area contributed by atoms with E-state index < -0.39 is 12.0 Å².